The van der Waals surface area contributed by atoms with Crippen molar-refractivity contribution in [2.24, 2.45) is 0 Å². The summed E-state index contributed by atoms with van der Waals surface area (Å²) in [4.78, 5) is 12.1. The van der Waals surface area contributed by atoms with Crippen molar-refractivity contribution in [3.8, 4) is 5.69 Å². The zero-order valence-corrected chi connectivity index (χ0v) is 13.8. The van der Waals surface area contributed by atoms with Gasteiger partial charge in [-0.15, -0.1) is 0 Å². The molecule has 0 spiro atoms. The Morgan fingerprint density at radius 1 is 0.857 bits per heavy atom. The molecular formula is C18H11F6N3O. The number of anilines is 1. The SMILES string of the molecule is O=C(Nc1ccc(-n2nc(C(F)(F)F)cc2C(F)(F)F)cc1)c1ccccc1. The molecule has 4 nitrogen and oxygen atoms in total. The van der Waals surface area contributed by atoms with Gasteiger partial charge in [-0.1, -0.05) is 18.2 Å². The number of carbonyl (C=O) groups is 1. The van der Waals surface area contributed by atoms with E-state index in [1.807, 2.05) is 0 Å². The number of alkyl halides is 6. The molecule has 146 valence electrons. The molecule has 1 amide bonds. The van der Waals surface area contributed by atoms with E-state index in [-0.39, 0.29) is 22.1 Å². The molecule has 0 saturated heterocycles. The lowest BCUT2D eigenvalue weighted by Crippen LogP contribution is -2.14. The van der Waals surface area contributed by atoms with Gasteiger partial charge in [0.05, 0.1) is 5.69 Å². The first-order valence-corrected chi connectivity index (χ1v) is 7.77. The molecule has 0 saturated carbocycles. The van der Waals surface area contributed by atoms with Gasteiger partial charge in [-0.25, -0.2) is 4.68 Å². The topological polar surface area (TPSA) is 46.9 Å². The molecule has 2 aromatic carbocycles. The van der Waals surface area contributed by atoms with Crippen LogP contribution in [-0.2, 0) is 12.4 Å². The molecule has 0 atom stereocenters. The van der Waals surface area contributed by atoms with Gasteiger partial charge in [-0.3, -0.25) is 4.79 Å². The second-order valence-electron chi connectivity index (χ2n) is 5.69. The standard InChI is InChI=1S/C18H11F6N3O/c19-17(20,21)14-10-15(18(22,23)24)27(26-14)13-8-6-12(7-9-13)25-16(28)11-4-2-1-3-5-11/h1-10H,(H,25,28). The lowest BCUT2D eigenvalue weighted by atomic mass is 10.2. The van der Waals surface area contributed by atoms with Gasteiger partial charge < -0.3 is 5.32 Å². The first-order chi connectivity index (χ1) is 13.1. The zero-order valence-electron chi connectivity index (χ0n) is 13.8. The quantitative estimate of drug-likeness (QED) is 0.619. The van der Waals surface area contributed by atoms with Crippen LogP contribution in [0.2, 0.25) is 0 Å². The number of nitrogens with zero attached hydrogens (tertiary/aromatic N) is 2. The average molecular weight is 399 g/mol. The largest absolute Gasteiger partial charge is 0.435 e. The molecule has 0 radical (unpaired) electrons. The Hall–Kier alpha value is -3.30. The van der Waals surface area contributed by atoms with Crippen LogP contribution in [0.5, 0.6) is 0 Å². The molecule has 0 fully saturated rings. The van der Waals surface area contributed by atoms with Gasteiger partial charge in [-0.2, -0.15) is 31.4 Å². The van der Waals surface area contributed by atoms with Crippen LogP contribution < -0.4 is 5.32 Å². The normalized spacial score (nSPS) is 12.1. The Morgan fingerprint density at radius 3 is 2.00 bits per heavy atom. The van der Waals surface area contributed by atoms with Gasteiger partial charge in [-0.05, 0) is 36.4 Å². The highest BCUT2D eigenvalue weighted by molar-refractivity contribution is 6.04. The number of hydrogen-bond donors (Lipinski definition) is 1. The van der Waals surface area contributed by atoms with Crippen LogP contribution in [0.1, 0.15) is 21.7 Å². The smallest absolute Gasteiger partial charge is 0.322 e. The van der Waals surface area contributed by atoms with Crippen molar-refractivity contribution in [3.63, 3.8) is 0 Å². The highest BCUT2D eigenvalue weighted by Gasteiger charge is 2.42. The van der Waals surface area contributed by atoms with Crippen molar-refractivity contribution in [2.75, 3.05) is 5.32 Å². The molecule has 0 aliphatic carbocycles. The average Bonchev–Trinajstić information content (AvgIpc) is 3.09. The van der Waals surface area contributed by atoms with Crippen LogP contribution >= 0.6 is 0 Å². The number of benzene rings is 2. The zero-order chi connectivity index (χ0) is 20.5. The monoisotopic (exact) mass is 399 g/mol. The molecule has 28 heavy (non-hydrogen) atoms. The molecule has 10 heteroatoms. The maximum absolute atomic E-state index is 13.1. The van der Waals surface area contributed by atoms with E-state index in [0.29, 0.717) is 5.56 Å². The number of hydrogen-bond acceptors (Lipinski definition) is 2. The van der Waals surface area contributed by atoms with Gasteiger partial charge in [0.15, 0.2) is 5.69 Å². The van der Waals surface area contributed by atoms with E-state index in [4.69, 9.17) is 0 Å². The molecule has 0 bridgehead atoms. The number of amides is 1. The fourth-order valence-corrected chi connectivity index (χ4v) is 2.40. The van der Waals surface area contributed by atoms with Crippen molar-refractivity contribution >= 4 is 11.6 Å². The minimum absolute atomic E-state index is 0.0505. The van der Waals surface area contributed by atoms with Crippen molar-refractivity contribution in [2.45, 2.75) is 12.4 Å². The van der Waals surface area contributed by atoms with Crippen LogP contribution in [0.3, 0.4) is 0 Å². The predicted octanol–water partition coefficient (Wildman–Crippen LogP) is 5.16. The third-order valence-electron chi connectivity index (χ3n) is 3.70. The fraction of sp³-hybridized carbons (Fsp3) is 0.111. The van der Waals surface area contributed by atoms with Crippen molar-refractivity contribution < 1.29 is 31.1 Å². The molecule has 0 aliphatic rings. The maximum Gasteiger partial charge on any atom is 0.435 e. The summed E-state index contributed by atoms with van der Waals surface area (Å²) < 4.78 is 77.7. The van der Waals surface area contributed by atoms with E-state index in [1.54, 1.807) is 30.3 Å². The van der Waals surface area contributed by atoms with E-state index < -0.39 is 29.6 Å². The van der Waals surface area contributed by atoms with Crippen molar-refractivity contribution in [3.05, 3.63) is 77.6 Å². The van der Waals surface area contributed by atoms with Gasteiger partial charge in [0.25, 0.3) is 5.91 Å². The third-order valence-corrected chi connectivity index (χ3v) is 3.70. The highest BCUT2D eigenvalue weighted by Crippen LogP contribution is 2.36. The van der Waals surface area contributed by atoms with Gasteiger partial charge >= 0.3 is 12.4 Å². The summed E-state index contributed by atoms with van der Waals surface area (Å²) in [6.07, 6.45) is -10.1. The summed E-state index contributed by atoms with van der Waals surface area (Å²) in [5.41, 5.74) is -2.81. The lowest BCUT2D eigenvalue weighted by Gasteiger charge is -2.11. The molecular weight excluding hydrogens is 388 g/mol. The molecule has 1 N–H and O–H groups in total. The predicted molar refractivity (Wildman–Crippen MR) is 88.0 cm³/mol. The molecule has 0 aliphatic heterocycles. The fourth-order valence-electron chi connectivity index (χ4n) is 2.40. The van der Waals surface area contributed by atoms with Gasteiger partial charge in [0, 0.05) is 17.3 Å². The number of nitrogens with one attached hydrogen (secondary N) is 1. The second kappa shape index (κ2) is 7.02. The molecule has 1 heterocycles. The number of rotatable bonds is 3. The van der Waals surface area contributed by atoms with E-state index >= 15 is 0 Å². The van der Waals surface area contributed by atoms with Gasteiger partial charge in [0.1, 0.15) is 5.69 Å². The Labute approximate surface area is 154 Å². The van der Waals surface area contributed by atoms with E-state index in [0.717, 1.165) is 12.1 Å². The van der Waals surface area contributed by atoms with Crippen LogP contribution in [0.25, 0.3) is 5.69 Å². The minimum atomic E-state index is -5.03. The van der Waals surface area contributed by atoms with Crippen molar-refractivity contribution in [1.82, 2.24) is 9.78 Å². The Kier molecular flexibility index (Phi) is 4.88. The summed E-state index contributed by atoms with van der Waals surface area (Å²) in [7, 11) is 0. The summed E-state index contributed by atoms with van der Waals surface area (Å²) in [5, 5.41) is 5.58. The van der Waals surface area contributed by atoms with Crippen molar-refractivity contribution in [1.29, 1.82) is 0 Å². The van der Waals surface area contributed by atoms with Crippen LogP contribution in [-0.4, -0.2) is 15.7 Å². The van der Waals surface area contributed by atoms with E-state index in [2.05, 4.69) is 10.4 Å². The molecule has 0 unspecified atom stereocenters. The number of halogens is 6. The Bertz CT molecular complexity index is 975. The summed E-state index contributed by atoms with van der Waals surface area (Å²) in [5.74, 6) is -0.442. The summed E-state index contributed by atoms with van der Waals surface area (Å²) in [6, 6.07) is 12.9. The summed E-state index contributed by atoms with van der Waals surface area (Å²) >= 11 is 0. The first kappa shape index (κ1) is 19.5. The van der Waals surface area contributed by atoms with E-state index in [1.165, 1.54) is 12.1 Å². The minimum Gasteiger partial charge on any atom is -0.322 e. The third kappa shape index (κ3) is 4.16. The molecule has 1 aromatic heterocycles. The van der Waals surface area contributed by atoms with Crippen LogP contribution in [0, 0.1) is 0 Å². The van der Waals surface area contributed by atoms with Gasteiger partial charge in [0.2, 0.25) is 0 Å². The first-order valence-electron chi connectivity index (χ1n) is 7.77. The number of aromatic nitrogens is 2. The summed E-state index contributed by atoms with van der Waals surface area (Å²) in [6.45, 7) is 0. The molecule has 3 rings (SSSR count). The Balaban J connectivity index is 1.89. The number of carbonyl (C=O) groups excluding carboxylic acids is 1. The maximum atomic E-state index is 13.1. The van der Waals surface area contributed by atoms with E-state index in [9.17, 15) is 31.1 Å². The molecule has 3 aromatic rings. The van der Waals surface area contributed by atoms with Crippen LogP contribution in [0.15, 0.2) is 60.7 Å². The second-order valence-corrected chi connectivity index (χ2v) is 5.69. The van der Waals surface area contributed by atoms with Crippen LogP contribution in [0.4, 0.5) is 32.0 Å². The highest BCUT2D eigenvalue weighted by atomic mass is 19.4. The lowest BCUT2D eigenvalue weighted by molar-refractivity contribution is -0.143. The Morgan fingerprint density at radius 2 is 1.46 bits per heavy atom.